The van der Waals surface area contributed by atoms with Crippen molar-refractivity contribution in [3.8, 4) is 0 Å². The van der Waals surface area contributed by atoms with Crippen LogP contribution in [-0.4, -0.2) is 39.1 Å². The molecule has 27 heavy (non-hydrogen) atoms. The van der Waals surface area contributed by atoms with Crippen molar-refractivity contribution in [3.63, 3.8) is 0 Å². The summed E-state index contributed by atoms with van der Waals surface area (Å²) < 4.78 is 0. The fourth-order valence-electron chi connectivity index (χ4n) is 3.27. The van der Waals surface area contributed by atoms with Gasteiger partial charge in [-0.1, -0.05) is 6.92 Å². The lowest BCUT2D eigenvalue weighted by Crippen LogP contribution is -2.46. The van der Waals surface area contributed by atoms with Crippen molar-refractivity contribution < 1.29 is 14.4 Å². The van der Waals surface area contributed by atoms with E-state index < -0.39 is 17.7 Å². The first kappa shape index (κ1) is 18.5. The number of aromatic nitrogens is 2. The molecule has 140 valence electrons. The Labute approximate surface area is 156 Å². The summed E-state index contributed by atoms with van der Waals surface area (Å²) in [4.78, 5) is 46.1. The number of hydrogen-bond donors (Lipinski definition) is 2. The minimum atomic E-state index is -0.772. The van der Waals surface area contributed by atoms with Crippen molar-refractivity contribution >= 4 is 23.4 Å². The third kappa shape index (κ3) is 4.28. The second kappa shape index (κ2) is 7.94. The van der Waals surface area contributed by atoms with Crippen molar-refractivity contribution in [2.75, 3.05) is 11.9 Å². The van der Waals surface area contributed by atoms with E-state index in [4.69, 9.17) is 5.73 Å². The van der Waals surface area contributed by atoms with Crippen LogP contribution in [-0.2, 0) is 9.59 Å². The maximum absolute atomic E-state index is 12.8. The third-order valence-corrected chi connectivity index (χ3v) is 4.64. The van der Waals surface area contributed by atoms with Crippen LogP contribution in [0, 0.1) is 5.92 Å². The first-order valence-electron chi connectivity index (χ1n) is 8.72. The van der Waals surface area contributed by atoms with E-state index in [1.807, 2.05) is 12.1 Å². The van der Waals surface area contributed by atoms with Gasteiger partial charge in [-0.3, -0.25) is 24.4 Å². The highest BCUT2D eigenvalue weighted by atomic mass is 16.2. The van der Waals surface area contributed by atoms with Gasteiger partial charge in [0.15, 0.2) is 0 Å². The zero-order valence-electron chi connectivity index (χ0n) is 15.0. The number of likely N-dealkylation sites (tertiary alicyclic amines) is 1. The Kier molecular flexibility index (Phi) is 5.44. The summed E-state index contributed by atoms with van der Waals surface area (Å²) in [6.45, 7) is 2.56. The molecule has 3 N–H and O–H groups in total. The van der Waals surface area contributed by atoms with E-state index in [0.717, 1.165) is 18.4 Å². The van der Waals surface area contributed by atoms with Gasteiger partial charge in [-0.2, -0.15) is 0 Å². The average Bonchev–Trinajstić information content (AvgIpc) is 2.68. The molecular weight excluding hydrogens is 346 g/mol. The van der Waals surface area contributed by atoms with Crippen molar-refractivity contribution in [1.29, 1.82) is 0 Å². The van der Waals surface area contributed by atoms with Crippen molar-refractivity contribution in [1.82, 2.24) is 14.9 Å². The number of primary amides is 1. The molecule has 0 radical (unpaired) electrons. The zero-order valence-corrected chi connectivity index (χ0v) is 15.0. The number of amides is 3. The lowest BCUT2D eigenvalue weighted by atomic mass is 9.90. The summed E-state index contributed by atoms with van der Waals surface area (Å²) in [5, 5.41) is 2.51. The Morgan fingerprint density at radius 1 is 1.15 bits per heavy atom. The Morgan fingerprint density at radius 3 is 2.59 bits per heavy atom. The summed E-state index contributed by atoms with van der Waals surface area (Å²) in [5.41, 5.74) is 6.57. The van der Waals surface area contributed by atoms with Gasteiger partial charge in [-0.25, -0.2) is 0 Å². The Balaban J connectivity index is 1.78. The lowest BCUT2D eigenvalue weighted by molar-refractivity contribution is -0.146. The molecule has 0 bridgehead atoms. The van der Waals surface area contributed by atoms with Crippen molar-refractivity contribution in [3.05, 3.63) is 54.1 Å². The van der Waals surface area contributed by atoms with Gasteiger partial charge in [0.2, 0.25) is 5.91 Å². The SMILES string of the molecule is C[C@H]1CCC(c2ccncc2)N(C(=O)C(=O)Nc2cncc(C(N)=O)c2)C1. The molecule has 1 saturated heterocycles. The molecule has 2 aromatic heterocycles. The largest absolute Gasteiger partial charge is 0.366 e. The van der Waals surface area contributed by atoms with E-state index in [2.05, 4.69) is 22.2 Å². The molecule has 1 fully saturated rings. The monoisotopic (exact) mass is 367 g/mol. The number of carbonyl (C=O) groups excluding carboxylic acids is 3. The van der Waals surface area contributed by atoms with Crippen LogP contribution in [0.3, 0.4) is 0 Å². The molecular formula is C19H21N5O3. The van der Waals surface area contributed by atoms with Crippen LogP contribution in [0.2, 0.25) is 0 Å². The maximum atomic E-state index is 12.8. The van der Waals surface area contributed by atoms with Crippen LogP contribution in [0.4, 0.5) is 5.69 Å². The molecule has 2 aromatic rings. The number of hydrogen-bond acceptors (Lipinski definition) is 5. The number of rotatable bonds is 3. The first-order chi connectivity index (χ1) is 13.0. The number of piperidine rings is 1. The van der Waals surface area contributed by atoms with Crippen LogP contribution in [0.15, 0.2) is 43.0 Å². The Hall–Kier alpha value is -3.29. The van der Waals surface area contributed by atoms with Crippen molar-refractivity contribution in [2.24, 2.45) is 11.7 Å². The maximum Gasteiger partial charge on any atom is 0.313 e. The summed E-state index contributed by atoms with van der Waals surface area (Å²) in [7, 11) is 0. The van der Waals surface area contributed by atoms with Gasteiger partial charge in [0.1, 0.15) is 0 Å². The van der Waals surface area contributed by atoms with E-state index in [-0.39, 0.29) is 17.3 Å². The molecule has 0 saturated carbocycles. The zero-order chi connectivity index (χ0) is 19.4. The Bertz CT molecular complexity index is 855. The standard InChI is InChI=1S/C19H21N5O3/c1-12-2-3-16(13-4-6-21-7-5-13)24(11-12)19(27)18(26)23-15-8-14(17(20)25)9-22-10-15/h4-10,12,16H,2-3,11H2,1H3,(H2,20,25)(H,23,26)/t12-,16?/m0/s1. The van der Waals surface area contributed by atoms with E-state index in [1.54, 1.807) is 17.3 Å². The van der Waals surface area contributed by atoms with Crippen LogP contribution in [0.1, 0.15) is 41.7 Å². The number of anilines is 1. The molecule has 1 aliphatic heterocycles. The van der Waals surface area contributed by atoms with Crippen LogP contribution >= 0.6 is 0 Å². The third-order valence-electron chi connectivity index (χ3n) is 4.64. The number of nitrogens with one attached hydrogen (secondary N) is 1. The number of pyridine rings is 2. The predicted octanol–water partition coefficient (Wildman–Crippen LogP) is 1.51. The molecule has 1 aliphatic rings. The molecule has 0 aliphatic carbocycles. The molecule has 3 heterocycles. The molecule has 8 heteroatoms. The lowest BCUT2D eigenvalue weighted by Gasteiger charge is -2.38. The normalized spacial score (nSPS) is 19.4. The summed E-state index contributed by atoms with van der Waals surface area (Å²) in [6, 6.07) is 4.94. The van der Waals surface area contributed by atoms with Crippen LogP contribution in [0.5, 0.6) is 0 Å². The smallest absolute Gasteiger partial charge is 0.313 e. The van der Waals surface area contributed by atoms with Crippen LogP contribution in [0.25, 0.3) is 0 Å². The van der Waals surface area contributed by atoms with Gasteiger partial charge >= 0.3 is 11.8 Å². The second-order valence-corrected chi connectivity index (χ2v) is 6.72. The van der Waals surface area contributed by atoms with Gasteiger partial charge in [0, 0.05) is 25.1 Å². The molecule has 8 nitrogen and oxygen atoms in total. The molecule has 0 spiro atoms. The minimum absolute atomic E-state index is 0.154. The highest BCUT2D eigenvalue weighted by molar-refractivity contribution is 6.39. The molecule has 2 atom stereocenters. The molecule has 3 rings (SSSR count). The number of nitrogens with zero attached hydrogens (tertiary/aromatic N) is 3. The quantitative estimate of drug-likeness (QED) is 0.797. The van der Waals surface area contributed by atoms with Gasteiger partial charge in [-0.15, -0.1) is 0 Å². The van der Waals surface area contributed by atoms with E-state index in [1.165, 1.54) is 18.5 Å². The van der Waals surface area contributed by atoms with Gasteiger partial charge in [-0.05, 0) is 42.5 Å². The van der Waals surface area contributed by atoms with E-state index >= 15 is 0 Å². The number of nitrogens with two attached hydrogens (primary N) is 1. The Morgan fingerprint density at radius 2 is 1.89 bits per heavy atom. The fraction of sp³-hybridized carbons (Fsp3) is 0.316. The predicted molar refractivity (Wildman–Crippen MR) is 98.5 cm³/mol. The summed E-state index contributed by atoms with van der Waals surface area (Å²) >= 11 is 0. The minimum Gasteiger partial charge on any atom is -0.366 e. The van der Waals surface area contributed by atoms with Crippen LogP contribution < -0.4 is 11.1 Å². The fourth-order valence-corrected chi connectivity index (χ4v) is 3.27. The first-order valence-corrected chi connectivity index (χ1v) is 8.72. The molecule has 1 unspecified atom stereocenters. The number of carbonyl (C=O) groups is 3. The van der Waals surface area contributed by atoms with Gasteiger partial charge in [0.05, 0.1) is 23.5 Å². The summed E-state index contributed by atoms with van der Waals surface area (Å²) in [5.74, 6) is -1.74. The van der Waals surface area contributed by atoms with Crippen molar-refractivity contribution in [2.45, 2.75) is 25.8 Å². The summed E-state index contributed by atoms with van der Waals surface area (Å²) in [6.07, 6.45) is 7.77. The second-order valence-electron chi connectivity index (χ2n) is 6.72. The average molecular weight is 367 g/mol. The highest BCUT2D eigenvalue weighted by Crippen LogP contribution is 2.33. The molecule has 0 aromatic carbocycles. The molecule has 3 amide bonds. The van der Waals surface area contributed by atoms with E-state index in [0.29, 0.717) is 12.5 Å². The van der Waals surface area contributed by atoms with E-state index in [9.17, 15) is 14.4 Å². The highest BCUT2D eigenvalue weighted by Gasteiger charge is 2.34. The van der Waals surface area contributed by atoms with Gasteiger partial charge < -0.3 is 16.0 Å². The van der Waals surface area contributed by atoms with Gasteiger partial charge in [0.25, 0.3) is 0 Å². The topological polar surface area (TPSA) is 118 Å².